The van der Waals surface area contributed by atoms with Crippen LogP contribution in [0.3, 0.4) is 0 Å². The van der Waals surface area contributed by atoms with Crippen molar-refractivity contribution in [2.24, 2.45) is 0 Å². The van der Waals surface area contributed by atoms with Crippen molar-refractivity contribution in [1.29, 1.82) is 0 Å². The van der Waals surface area contributed by atoms with Crippen LogP contribution in [0.5, 0.6) is 0 Å². The van der Waals surface area contributed by atoms with Gasteiger partial charge in [0.1, 0.15) is 11.9 Å². The summed E-state index contributed by atoms with van der Waals surface area (Å²) in [7, 11) is 0. The van der Waals surface area contributed by atoms with E-state index in [2.05, 4.69) is 15.3 Å². The van der Waals surface area contributed by atoms with E-state index in [0.29, 0.717) is 38.1 Å². The number of aliphatic hydroxyl groups is 2. The van der Waals surface area contributed by atoms with Gasteiger partial charge in [0.2, 0.25) is 0 Å². The summed E-state index contributed by atoms with van der Waals surface area (Å²) >= 11 is 7.52. The third-order valence-electron chi connectivity index (χ3n) is 4.41. The van der Waals surface area contributed by atoms with Gasteiger partial charge in [0.05, 0.1) is 27.5 Å². The van der Waals surface area contributed by atoms with Crippen molar-refractivity contribution in [3.8, 4) is 11.3 Å². The van der Waals surface area contributed by atoms with E-state index in [0.717, 1.165) is 4.70 Å². The van der Waals surface area contributed by atoms with Gasteiger partial charge in [-0.25, -0.2) is 9.37 Å². The molecule has 9 heteroatoms. The number of hydrogen-bond acceptors (Lipinski definition) is 6. The minimum atomic E-state index is -1.05. The lowest BCUT2D eigenvalue weighted by Crippen LogP contribution is -2.11. The number of pyridine rings is 1. The smallest absolute Gasteiger partial charge is 0.257 e. The van der Waals surface area contributed by atoms with Gasteiger partial charge >= 0.3 is 0 Å². The standard InChI is InChI=1S/C21H15ClFN3O3S/c22-15-7-13(17(28)10-27)9-24-19(15)11-1-3-12(4-2-11)20(29)26-21-25-16-8-14(23)5-6-18(16)30-21/h1-9,17,27-28H,10H2,(H,25,26,29). The average molecular weight is 444 g/mol. The van der Waals surface area contributed by atoms with E-state index < -0.39 is 12.7 Å². The lowest BCUT2D eigenvalue weighted by molar-refractivity contribution is 0.0954. The fourth-order valence-electron chi connectivity index (χ4n) is 2.86. The van der Waals surface area contributed by atoms with Crippen molar-refractivity contribution in [2.45, 2.75) is 6.10 Å². The Kier molecular flexibility index (Phi) is 5.74. The van der Waals surface area contributed by atoms with Crippen LogP contribution in [0.4, 0.5) is 9.52 Å². The predicted octanol–water partition coefficient (Wildman–Crippen LogP) is 4.43. The van der Waals surface area contributed by atoms with Crippen LogP contribution in [0, 0.1) is 5.82 Å². The molecule has 4 rings (SSSR count). The Hall–Kier alpha value is -2.91. The first-order chi connectivity index (χ1) is 14.4. The molecule has 0 saturated heterocycles. The first-order valence-corrected chi connectivity index (χ1v) is 10.1. The Morgan fingerprint density at radius 2 is 1.97 bits per heavy atom. The minimum absolute atomic E-state index is 0.318. The number of amides is 1. The van der Waals surface area contributed by atoms with Crippen LogP contribution in [-0.2, 0) is 0 Å². The Morgan fingerprint density at radius 3 is 2.67 bits per heavy atom. The van der Waals surface area contributed by atoms with Gasteiger partial charge in [-0.2, -0.15) is 0 Å². The number of hydrogen-bond donors (Lipinski definition) is 3. The molecule has 1 unspecified atom stereocenters. The number of carbonyl (C=O) groups excluding carboxylic acids is 1. The van der Waals surface area contributed by atoms with Crippen molar-refractivity contribution >= 4 is 44.2 Å². The zero-order valence-electron chi connectivity index (χ0n) is 15.3. The summed E-state index contributed by atoms with van der Waals surface area (Å²) < 4.78 is 14.1. The maximum Gasteiger partial charge on any atom is 0.257 e. The van der Waals surface area contributed by atoms with Gasteiger partial charge in [-0.05, 0) is 30.3 Å². The van der Waals surface area contributed by atoms with Gasteiger partial charge in [0, 0.05) is 29.0 Å². The number of carbonyl (C=O) groups is 1. The van der Waals surface area contributed by atoms with E-state index in [1.54, 1.807) is 36.4 Å². The van der Waals surface area contributed by atoms with E-state index >= 15 is 0 Å². The molecular formula is C21H15ClFN3O3S. The number of benzene rings is 2. The summed E-state index contributed by atoms with van der Waals surface area (Å²) in [5.74, 6) is -0.728. The van der Waals surface area contributed by atoms with Gasteiger partial charge in [-0.1, -0.05) is 35.1 Å². The molecule has 2 aromatic heterocycles. The molecule has 0 saturated carbocycles. The van der Waals surface area contributed by atoms with E-state index in [9.17, 15) is 14.3 Å². The normalized spacial score (nSPS) is 12.1. The highest BCUT2D eigenvalue weighted by molar-refractivity contribution is 7.22. The molecule has 1 amide bonds. The third-order valence-corrected chi connectivity index (χ3v) is 5.65. The molecule has 4 aromatic rings. The van der Waals surface area contributed by atoms with Crippen LogP contribution < -0.4 is 5.32 Å². The SMILES string of the molecule is O=C(Nc1nc2cc(F)ccc2s1)c1ccc(-c2ncc(C(O)CO)cc2Cl)cc1. The second-order valence-corrected chi connectivity index (χ2v) is 7.90. The Morgan fingerprint density at radius 1 is 1.20 bits per heavy atom. The monoisotopic (exact) mass is 443 g/mol. The number of thiazole rings is 1. The lowest BCUT2D eigenvalue weighted by Gasteiger charge is -2.10. The molecular weight excluding hydrogens is 429 g/mol. The van der Waals surface area contributed by atoms with Gasteiger partial charge in [-0.3, -0.25) is 15.1 Å². The lowest BCUT2D eigenvalue weighted by atomic mass is 10.1. The topological polar surface area (TPSA) is 95.3 Å². The molecule has 0 aliphatic rings. The maximum absolute atomic E-state index is 13.3. The molecule has 3 N–H and O–H groups in total. The zero-order valence-corrected chi connectivity index (χ0v) is 16.9. The van der Waals surface area contributed by atoms with Crippen molar-refractivity contribution in [3.63, 3.8) is 0 Å². The number of anilines is 1. The third kappa shape index (κ3) is 4.17. The van der Waals surface area contributed by atoms with Gasteiger partial charge < -0.3 is 10.2 Å². The highest BCUT2D eigenvalue weighted by Gasteiger charge is 2.14. The molecule has 30 heavy (non-hydrogen) atoms. The summed E-state index contributed by atoms with van der Waals surface area (Å²) in [4.78, 5) is 21.0. The van der Waals surface area contributed by atoms with Crippen LogP contribution in [0.15, 0.2) is 54.7 Å². The summed E-state index contributed by atoms with van der Waals surface area (Å²) in [6, 6.07) is 12.5. The fourth-order valence-corrected chi connectivity index (χ4v) is 3.98. The van der Waals surface area contributed by atoms with Crippen molar-refractivity contribution in [1.82, 2.24) is 9.97 Å². The maximum atomic E-state index is 13.3. The number of fused-ring (bicyclic) bond motifs is 1. The molecule has 0 aliphatic carbocycles. The molecule has 0 spiro atoms. The summed E-state index contributed by atoms with van der Waals surface area (Å²) in [6.07, 6.45) is 0.396. The van der Waals surface area contributed by atoms with Gasteiger partial charge in [0.25, 0.3) is 5.91 Å². The predicted molar refractivity (Wildman–Crippen MR) is 114 cm³/mol. The molecule has 0 bridgehead atoms. The van der Waals surface area contributed by atoms with E-state index in [4.69, 9.17) is 16.7 Å². The van der Waals surface area contributed by atoms with E-state index in [1.807, 2.05) is 0 Å². The number of aromatic nitrogens is 2. The van der Waals surface area contributed by atoms with Gasteiger partial charge in [-0.15, -0.1) is 0 Å². The Labute approximate surface area is 179 Å². The molecule has 0 radical (unpaired) electrons. The summed E-state index contributed by atoms with van der Waals surface area (Å²) in [5.41, 5.74) is 2.49. The average Bonchev–Trinajstić information content (AvgIpc) is 3.14. The van der Waals surface area contributed by atoms with Crippen LogP contribution in [-0.4, -0.2) is 32.7 Å². The summed E-state index contributed by atoms with van der Waals surface area (Å²) in [6.45, 7) is -0.426. The van der Waals surface area contributed by atoms with E-state index in [-0.39, 0.29) is 11.7 Å². The second kappa shape index (κ2) is 8.45. The zero-order chi connectivity index (χ0) is 21.3. The van der Waals surface area contributed by atoms with Gasteiger partial charge in [0.15, 0.2) is 5.13 Å². The molecule has 2 heterocycles. The number of aliphatic hydroxyl groups excluding tert-OH is 2. The highest BCUT2D eigenvalue weighted by Crippen LogP contribution is 2.29. The second-order valence-electron chi connectivity index (χ2n) is 6.46. The fraction of sp³-hybridized carbons (Fsp3) is 0.0952. The largest absolute Gasteiger partial charge is 0.393 e. The van der Waals surface area contributed by atoms with E-state index in [1.165, 1.54) is 29.7 Å². The number of nitrogens with zero attached hydrogens (tertiary/aromatic N) is 2. The molecule has 0 fully saturated rings. The quantitative estimate of drug-likeness (QED) is 0.424. The molecule has 6 nitrogen and oxygen atoms in total. The van der Waals surface area contributed by atoms with Crippen LogP contribution in [0.25, 0.3) is 21.5 Å². The van der Waals surface area contributed by atoms with Crippen LogP contribution in [0.2, 0.25) is 5.02 Å². The molecule has 1 atom stereocenters. The van der Waals surface area contributed by atoms with Crippen LogP contribution in [0.1, 0.15) is 22.0 Å². The Balaban J connectivity index is 1.52. The van der Waals surface area contributed by atoms with Crippen molar-refractivity contribution < 1.29 is 19.4 Å². The van der Waals surface area contributed by atoms with Crippen molar-refractivity contribution in [2.75, 3.05) is 11.9 Å². The minimum Gasteiger partial charge on any atom is -0.393 e. The number of rotatable bonds is 5. The Bertz CT molecular complexity index is 1230. The van der Waals surface area contributed by atoms with Crippen LogP contribution >= 0.6 is 22.9 Å². The summed E-state index contributed by atoms with van der Waals surface area (Å²) in [5, 5.41) is 22.1. The molecule has 0 aliphatic heterocycles. The molecule has 2 aromatic carbocycles. The number of halogens is 2. The first-order valence-electron chi connectivity index (χ1n) is 8.87. The highest BCUT2D eigenvalue weighted by atomic mass is 35.5. The van der Waals surface area contributed by atoms with Crippen molar-refractivity contribution in [3.05, 3.63) is 76.7 Å². The molecule has 152 valence electrons. The number of nitrogens with one attached hydrogen (secondary N) is 1. The first kappa shape index (κ1) is 20.4.